The molecule has 0 radical (unpaired) electrons. The summed E-state index contributed by atoms with van der Waals surface area (Å²) in [7, 11) is 1.74. The maximum atomic E-state index is 5.38. The third-order valence-electron chi connectivity index (χ3n) is 6.71. The third kappa shape index (κ3) is 4.93. The number of fused-ring (bicyclic) bond motifs is 2. The van der Waals surface area contributed by atoms with Crippen LogP contribution in [0.1, 0.15) is 12.0 Å². The zero-order valence-electron chi connectivity index (χ0n) is 21.2. The zero-order valence-corrected chi connectivity index (χ0v) is 22.1. The number of hydrogen-bond acceptors (Lipinski definition) is 5. The second-order valence-corrected chi connectivity index (χ2v) is 10.1. The number of pyridine rings is 1. The minimum atomic E-state index is 0.678. The van der Waals surface area contributed by atoms with Crippen molar-refractivity contribution in [2.75, 3.05) is 13.7 Å². The number of nitrogens with zero attached hydrogens (tertiary/aromatic N) is 4. The molecule has 2 aromatic heterocycles. The molecule has 0 aliphatic carbocycles. The monoisotopic (exact) mass is 516 g/mol. The van der Waals surface area contributed by atoms with Crippen LogP contribution in [0.5, 0.6) is 0 Å². The van der Waals surface area contributed by atoms with Gasteiger partial charge in [0.05, 0.1) is 11.2 Å². The van der Waals surface area contributed by atoms with Gasteiger partial charge < -0.3 is 9.30 Å². The van der Waals surface area contributed by atoms with E-state index in [1.165, 1.54) is 16.3 Å². The van der Waals surface area contributed by atoms with Gasteiger partial charge in [-0.1, -0.05) is 103 Å². The minimum absolute atomic E-state index is 0.678. The smallest absolute Gasteiger partial charge is 0.191 e. The van der Waals surface area contributed by atoms with E-state index in [0.717, 1.165) is 57.4 Å². The fourth-order valence-corrected chi connectivity index (χ4v) is 5.81. The highest BCUT2D eigenvalue weighted by molar-refractivity contribution is 7.98. The van der Waals surface area contributed by atoms with Crippen LogP contribution < -0.4 is 0 Å². The summed E-state index contributed by atoms with van der Waals surface area (Å²) in [6.45, 7) is 1.45. The van der Waals surface area contributed by atoms with Crippen molar-refractivity contribution in [2.24, 2.45) is 0 Å². The lowest BCUT2D eigenvalue weighted by Gasteiger charge is -2.13. The molecular weight excluding hydrogens is 488 g/mol. The van der Waals surface area contributed by atoms with E-state index < -0.39 is 0 Å². The average Bonchev–Trinajstić information content (AvgIpc) is 3.38. The molecule has 0 N–H and O–H groups in total. The number of thioether (sulfide) groups is 1. The van der Waals surface area contributed by atoms with Crippen molar-refractivity contribution in [3.63, 3.8) is 0 Å². The molecule has 0 spiro atoms. The Balaban J connectivity index is 1.42. The number of hydrogen-bond donors (Lipinski definition) is 0. The highest BCUT2D eigenvalue weighted by Crippen LogP contribution is 2.34. The van der Waals surface area contributed by atoms with Gasteiger partial charge in [-0.05, 0) is 34.9 Å². The first kappa shape index (κ1) is 24.3. The molecule has 0 amide bonds. The van der Waals surface area contributed by atoms with Gasteiger partial charge in [-0.15, -0.1) is 10.2 Å². The van der Waals surface area contributed by atoms with Gasteiger partial charge in [0.1, 0.15) is 0 Å². The largest absolute Gasteiger partial charge is 0.385 e. The summed E-state index contributed by atoms with van der Waals surface area (Å²) in [6, 6.07) is 35.7. The van der Waals surface area contributed by atoms with E-state index in [-0.39, 0.29) is 0 Å². The van der Waals surface area contributed by atoms with Gasteiger partial charge in [-0.25, -0.2) is 4.98 Å². The van der Waals surface area contributed by atoms with E-state index in [1.54, 1.807) is 18.9 Å². The normalized spacial score (nSPS) is 11.4. The van der Waals surface area contributed by atoms with Gasteiger partial charge in [0.25, 0.3) is 0 Å². The molecule has 5 nitrogen and oxygen atoms in total. The van der Waals surface area contributed by atoms with Crippen LogP contribution in [0, 0.1) is 0 Å². The van der Waals surface area contributed by atoms with Crippen molar-refractivity contribution in [2.45, 2.75) is 23.9 Å². The average molecular weight is 517 g/mol. The molecule has 0 aliphatic rings. The van der Waals surface area contributed by atoms with Crippen molar-refractivity contribution in [1.82, 2.24) is 19.7 Å². The molecule has 6 aromatic rings. The van der Waals surface area contributed by atoms with Gasteiger partial charge >= 0.3 is 0 Å². The number of ether oxygens (including phenoxy) is 1. The third-order valence-corrected chi connectivity index (χ3v) is 7.73. The molecule has 0 atom stereocenters. The molecule has 6 heteroatoms. The first-order valence-electron chi connectivity index (χ1n) is 12.8. The molecule has 0 unspecified atom stereocenters. The van der Waals surface area contributed by atoms with Gasteiger partial charge in [0.2, 0.25) is 0 Å². The first-order chi connectivity index (χ1) is 18.8. The molecule has 2 heterocycles. The summed E-state index contributed by atoms with van der Waals surface area (Å²) in [5.74, 6) is 1.67. The minimum Gasteiger partial charge on any atom is -0.385 e. The number of benzene rings is 4. The van der Waals surface area contributed by atoms with Crippen molar-refractivity contribution in [3.8, 4) is 22.6 Å². The van der Waals surface area contributed by atoms with Crippen molar-refractivity contribution in [3.05, 3.63) is 109 Å². The fourth-order valence-electron chi connectivity index (χ4n) is 4.84. The lowest BCUT2D eigenvalue weighted by atomic mass is 10.0. The molecule has 0 saturated carbocycles. The Kier molecular flexibility index (Phi) is 7.16. The fraction of sp³-hybridized carbons (Fsp3) is 0.156. The summed E-state index contributed by atoms with van der Waals surface area (Å²) in [5, 5.41) is 13.9. The molecule has 6 rings (SSSR count). The summed E-state index contributed by atoms with van der Waals surface area (Å²) in [5.41, 5.74) is 5.28. The standard InChI is InChI=1S/C32H28N4OS/c1-37-20-10-19-36-31(34-35-32(36)38-22-25-15-9-14-23-11-5-6-16-26(23)25)28-21-30(24-12-3-2-4-13-24)33-29-18-8-7-17-27(28)29/h2-9,11-18,21H,10,19-20,22H2,1H3. The second-order valence-electron chi connectivity index (χ2n) is 9.17. The van der Waals surface area contributed by atoms with Gasteiger partial charge in [-0.2, -0.15) is 0 Å². The Morgan fingerprint density at radius 2 is 1.55 bits per heavy atom. The van der Waals surface area contributed by atoms with Gasteiger partial charge in [0.15, 0.2) is 11.0 Å². The highest BCUT2D eigenvalue weighted by Gasteiger charge is 2.19. The number of methoxy groups -OCH3 is 1. The predicted octanol–water partition coefficient (Wildman–Crippen LogP) is 7.64. The van der Waals surface area contributed by atoms with Crippen LogP contribution in [0.3, 0.4) is 0 Å². The second kappa shape index (κ2) is 11.2. The van der Waals surface area contributed by atoms with E-state index in [0.29, 0.717) is 6.61 Å². The molecule has 0 bridgehead atoms. The summed E-state index contributed by atoms with van der Waals surface area (Å²) < 4.78 is 7.62. The van der Waals surface area contributed by atoms with Crippen LogP contribution in [-0.2, 0) is 17.0 Å². The van der Waals surface area contributed by atoms with Crippen LogP contribution in [0.2, 0.25) is 0 Å². The molecule has 0 fully saturated rings. The van der Waals surface area contributed by atoms with Crippen LogP contribution in [0.15, 0.2) is 108 Å². The molecule has 0 saturated heterocycles. The predicted molar refractivity (Wildman–Crippen MR) is 156 cm³/mol. The van der Waals surface area contributed by atoms with Crippen molar-refractivity contribution in [1.29, 1.82) is 0 Å². The zero-order chi connectivity index (χ0) is 25.7. The number of aromatic nitrogens is 4. The quantitative estimate of drug-likeness (QED) is 0.146. The van der Waals surface area contributed by atoms with Crippen LogP contribution >= 0.6 is 11.8 Å². The van der Waals surface area contributed by atoms with Gasteiger partial charge in [0, 0.05) is 42.5 Å². The van der Waals surface area contributed by atoms with Crippen molar-refractivity contribution < 1.29 is 4.74 Å². The van der Waals surface area contributed by atoms with E-state index in [2.05, 4.69) is 83.4 Å². The van der Waals surface area contributed by atoms with E-state index >= 15 is 0 Å². The Labute approximate surface area is 226 Å². The molecule has 38 heavy (non-hydrogen) atoms. The first-order valence-corrected chi connectivity index (χ1v) is 13.8. The summed E-state index contributed by atoms with van der Waals surface area (Å²) in [4.78, 5) is 4.97. The van der Waals surface area contributed by atoms with Crippen molar-refractivity contribution >= 4 is 33.4 Å². The van der Waals surface area contributed by atoms with Gasteiger partial charge in [-0.3, -0.25) is 0 Å². The molecule has 188 valence electrons. The Hall–Kier alpha value is -4.00. The maximum Gasteiger partial charge on any atom is 0.191 e. The number of para-hydroxylation sites is 1. The Morgan fingerprint density at radius 3 is 2.42 bits per heavy atom. The van der Waals surface area contributed by atoms with E-state index in [4.69, 9.17) is 19.9 Å². The Bertz CT molecular complexity index is 1690. The van der Waals surface area contributed by atoms with Crippen LogP contribution in [0.4, 0.5) is 0 Å². The highest BCUT2D eigenvalue weighted by atomic mass is 32.2. The molecular formula is C32H28N4OS. The Morgan fingerprint density at radius 1 is 0.789 bits per heavy atom. The number of rotatable bonds is 9. The maximum absolute atomic E-state index is 5.38. The van der Waals surface area contributed by atoms with Crippen LogP contribution in [0.25, 0.3) is 44.3 Å². The van der Waals surface area contributed by atoms with Crippen LogP contribution in [-0.4, -0.2) is 33.5 Å². The van der Waals surface area contributed by atoms with E-state index in [1.807, 2.05) is 24.3 Å². The lowest BCUT2D eigenvalue weighted by Crippen LogP contribution is -2.06. The lowest BCUT2D eigenvalue weighted by molar-refractivity contribution is 0.189. The summed E-state index contributed by atoms with van der Waals surface area (Å²) >= 11 is 1.73. The molecule has 4 aromatic carbocycles. The topological polar surface area (TPSA) is 52.8 Å². The summed E-state index contributed by atoms with van der Waals surface area (Å²) in [6.07, 6.45) is 0.873. The molecule has 0 aliphatic heterocycles. The van der Waals surface area contributed by atoms with E-state index in [9.17, 15) is 0 Å². The SMILES string of the molecule is COCCCn1c(SCc2cccc3ccccc23)nnc1-c1cc(-c2ccccc2)nc2ccccc12.